The van der Waals surface area contributed by atoms with Gasteiger partial charge in [0, 0.05) is 0 Å². The first-order valence-corrected chi connectivity index (χ1v) is 10.0. The number of carbonyl (C=O) groups is 1. The molecule has 0 fully saturated rings. The average molecular weight is 389 g/mol. The van der Waals surface area contributed by atoms with E-state index < -0.39 is 0 Å². The smallest absolute Gasteiger partial charge is 0.308 e. The van der Waals surface area contributed by atoms with Crippen LogP contribution in [-0.2, 0) is 9.53 Å². The van der Waals surface area contributed by atoms with Crippen molar-refractivity contribution >= 4 is 11.7 Å². The van der Waals surface area contributed by atoms with E-state index in [-0.39, 0.29) is 24.2 Å². The minimum absolute atomic E-state index is 0.151. The van der Waals surface area contributed by atoms with Gasteiger partial charge >= 0.3 is 5.97 Å². The van der Waals surface area contributed by atoms with Crippen molar-refractivity contribution < 1.29 is 14.6 Å². The maximum absolute atomic E-state index is 12.3. The van der Waals surface area contributed by atoms with E-state index in [1.165, 1.54) is 0 Å². The molecule has 3 aromatic carbocycles. The average Bonchev–Trinajstić information content (AvgIpc) is 2.76. The highest BCUT2D eigenvalue weighted by Gasteiger charge is 2.18. The number of carbonyl (C=O) groups excluding carboxylic acids is 1. The molecule has 1 unspecified atom stereocenters. The van der Waals surface area contributed by atoms with Crippen LogP contribution in [0.15, 0.2) is 78.9 Å². The molecule has 29 heavy (non-hydrogen) atoms. The van der Waals surface area contributed by atoms with E-state index in [0.29, 0.717) is 12.3 Å². The Balaban J connectivity index is 1.80. The van der Waals surface area contributed by atoms with Crippen LogP contribution in [0.1, 0.15) is 37.8 Å². The van der Waals surface area contributed by atoms with Crippen molar-refractivity contribution in [2.45, 2.75) is 32.2 Å². The van der Waals surface area contributed by atoms with Crippen LogP contribution < -0.4 is 5.32 Å². The van der Waals surface area contributed by atoms with Crippen molar-refractivity contribution in [2.75, 3.05) is 11.9 Å². The Morgan fingerprint density at radius 1 is 0.931 bits per heavy atom. The number of phenolic OH excluding ortho intramolecular Hbond substituents is 1. The third-order valence-electron chi connectivity index (χ3n) is 4.79. The van der Waals surface area contributed by atoms with Crippen molar-refractivity contribution in [3.05, 3.63) is 84.4 Å². The minimum Gasteiger partial charge on any atom is -0.506 e. The lowest BCUT2D eigenvalue weighted by molar-refractivity contribution is -0.144. The highest BCUT2D eigenvalue weighted by molar-refractivity contribution is 5.72. The molecule has 0 heterocycles. The summed E-state index contributed by atoms with van der Waals surface area (Å²) in [6.45, 7) is 2.50. The number of phenols is 1. The Labute approximate surface area is 172 Å². The summed E-state index contributed by atoms with van der Waals surface area (Å²) in [6, 6.07) is 25.0. The Kier molecular flexibility index (Phi) is 7.28. The fourth-order valence-electron chi connectivity index (χ4n) is 3.13. The molecular formula is C25H27NO3. The van der Waals surface area contributed by atoms with Gasteiger partial charge in [0.05, 0.1) is 24.8 Å². The second kappa shape index (κ2) is 10.3. The molecule has 3 aromatic rings. The van der Waals surface area contributed by atoms with Crippen LogP contribution in [0.25, 0.3) is 11.1 Å². The normalized spacial score (nSPS) is 11.6. The van der Waals surface area contributed by atoms with E-state index in [2.05, 4.69) is 24.4 Å². The Morgan fingerprint density at radius 3 is 2.28 bits per heavy atom. The third-order valence-corrected chi connectivity index (χ3v) is 4.79. The number of unbranched alkanes of at least 4 members (excludes halogenated alkanes) is 1. The van der Waals surface area contributed by atoms with E-state index >= 15 is 0 Å². The lowest BCUT2D eigenvalue weighted by Crippen LogP contribution is -2.17. The molecule has 0 aliphatic carbocycles. The van der Waals surface area contributed by atoms with Gasteiger partial charge in [0.15, 0.2) is 0 Å². The van der Waals surface area contributed by atoms with Crippen molar-refractivity contribution in [2.24, 2.45) is 0 Å². The third kappa shape index (κ3) is 5.85. The van der Waals surface area contributed by atoms with Gasteiger partial charge in [-0.15, -0.1) is 0 Å². The monoisotopic (exact) mass is 389 g/mol. The van der Waals surface area contributed by atoms with Gasteiger partial charge in [-0.1, -0.05) is 80.1 Å². The first-order chi connectivity index (χ1) is 14.2. The predicted molar refractivity (Wildman–Crippen MR) is 117 cm³/mol. The largest absolute Gasteiger partial charge is 0.506 e. The number of ether oxygens (including phenoxy) is 1. The fourth-order valence-corrected chi connectivity index (χ4v) is 3.13. The fraction of sp³-hybridized carbons (Fsp3) is 0.240. The lowest BCUT2D eigenvalue weighted by atomic mass is 9.99. The number of anilines is 1. The van der Waals surface area contributed by atoms with Crippen molar-refractivity contribution in [3.8, 4) is 16.9 Å². The molecule has 0 spiro atoms. The summed E-state index contributed by atoms with van der Waals surface area (Å²) in [4.78, 5) is 12.3. The zero-order valence-electron chi connectivity index (χ0n) is 16.7. The second-order valence-electron chi connectivity index (χ2n) is 6.98. The van der Waals surface area contributed by atoms with Crippen LogP contribution in [-0.4, -0.2) is 17.7 Å². The molecule has 0 amide bonds. The number of hydrogen-bond donors (Lipinski definition) is 2. The van der Waals surface area contributed by atoms with Crippen LogP contribution in [0.3, 0.4) is 0 Å². The summed E-state index contributed by atoms with van der Waals surface area (Å²) in [5.41, 5.74) is 3.80. The maximum atomic E-state index is 12.3. The van der Waals surface area contributed by atoms with E-state index in [4.69, 9.17) is 4.74 Å². The number of aromatic hydroxyl groups is 1. The van der Waals surface area contributed by atoms with E-state index in [9.17, 15) is 9.90 Å². The van der Waals surface area contributed by atoms with Gasteiger partial charge in [-0.3, -0.25) is 4.79 Å². The minimum atomic E-state index is -0.303. The highest BCUT2D eigenvalue weighted by Crippen LogP contribution is 2.30. The van der Waals surface area contributed by atoms with Crippen LogP contribution in [0, 0.1) is 0 Å². The van der Waals surface area contributed by atoms with E-state index in [1.807, 2.05) is 48.5 Å². The summed E-state index contributed by atoms with van der Waals surface area (Å²) >= 11 is 0. The number of nitrogens with one attached hydrogen (secondary N) is 1. The zero-order valence-corrected chi connectivity index (χ0v) is 16.7. The van der Waals surface area contributed by atoms with Crippen LogP contribution in [0.4, 0.5) is 5.69 Å². The molecule has 4 heteroatoms. The van der Waals surface area contributed by atoms with Gasteiger partial charge < -0.3 is 15.2 Å². The van der Waals surface area contributed by atoms with Crippen molar-refractivity contribution in [3.63, 3.8) is 0 Å². The first kappa shape index (κ1) is 20.5. The van der Waals surface area contributed by atoms with Crippen LogP contribution in [0.2, 0.25) is 0 Å². The molecule has 1 atom stereocenters. The van der Waals surface area contributed by atoms with Gasteiger partial charge in [-0.2, -0.15) is 0 Å². The Hall–Kier alpha value is -3.27. The molecule has 0 aliphatic rings. The molecule has 0 saturated carbocycles. The Bertz CT molecular complexity index is 907. The predicted octanol–water partition coefficient (Wildman–Crippen LogP) is 5.95. The summed E-state index contributed by atoms with van der Waals surface area (Å²) in [6.07, 6.45) is 2.02. The molecule has 2 N–H and O–H groups in total. The van der Waals surface area contributed by atoms with Crippen LogP contribution >= 0.6 is 0 Å². The number of benzene rings is 3. The summed E-state index contributed by atoms with van der Waals surface area (Å²) in [7, 11) is 0. The molecule has 0 aliphatic heterocycles. The maximum Gasteiger partial charge on any atom is 0.308 e. The quantitative estimate of drug-likeness (QED) is 0.270. The molecule has 4 nitrogen and oxygen atoms in total. The van der Waals surface area contributed by atoms with Crippen molar-refractivity contribution in [1.29, 1.82) is 0 Å². The molecule has 0 radical (unpaired) electrons. The molecule has 150 valence electrons. The van der Waals surface area contributed by atoms with Gasteiger partial charge in [0.2, 0.25) is 0 Å². The number of para-hydroxylation sites is 2. The standard InChI is InChI=1S/C25H27NO3/c1-2-3-17-29-25(28)18-23(26-22-11-7-8-12-24(22)27)21-15-13-20(14-16-21)19-9-5-4-6-10-19/h4-16,23,26-27H,2-3,17-18H2,1H3. The second-order valence-corrected chi connectivity index (χ2v) is 6.98. The number of rotatable bonds is 9. The lowest BCUT2D eigenvalue weighted by Gasteiger charge is -2.21. The molecule has 0 aromatic heterocycles. The summed E-state index contributed by atoms with van der Waals surface area (Å²) in [5.74, 6) is -0.101. The van der Waals surface area contributed by atoms with Gasteiger partial charge in [-0.25, -0.2) is 0 Å². The summed E-state index contributed by atoms with van der Waals surface area (Å²) in [5, 5.41) is 13.4. The molecule has 0 bridgehead atoms. The Morgan fingerprint density at radius 2 is 1.59 bits per heavy atom. The van der Waals surface area contributed by atoms with Crippen molar-refractivity contribution in [1.82, 2.24) is 0 Å². The molecule has 0 saturated heterocycles. The van der Waals surface area contributed by atoms with Gasteiger partial charge in [-0.05, 0) is 35.2 Å². The van der Waals surface area contributed by atoms with Crippen LogP contribution in [0.5, 0.6) is 5.75 Å². The first-order valence-electron chi connectivity index (χ1n) is 10.0. The summed E-state index contributed by atoms with van der Waals surface area (Å²) < 4.78 is 5.35. The van der Waals surface area contributed by atoms with Gasteiger partial charge in [0.1, 0.15) is 5.75 Å². The molecular weight excluding hydrogens is 362 g/mol. The SMILES string of the molecule is CCCCOC(=O)CC(Nc1ccccc1O)c1ccc(-c2ccccc2)cc1. The number of hydrogen-bond acceptors (Lipinski definition) is 4. The highest BCUT2D eigenvalue weighted by atomic mass is 16.5. The van der Waals surface area contributed by atoms with E-state index in [0.717, 1.165) is 29.5 Å². The zero-order chi connectivity index (χ0) is 20.5. The van der Waals surface area contributed by atoms with E-state index in [1.54, 1.807) is 18.2 Å². The topological polar surface area (TPSA) is 58.6 Å². The molecule has 3 rings (SSSR count). The van der Waals surface area contributed by atoms with Gasteiger partial charge in [0.25, 0.3) is 0 Å². The number of esters is 1.